The molecule has 0 aliphatic heterocycles. The molecule has 0 atom stereocenters. The zero-order valence-electron chi connectivity index (χ0n) is 7.89. The summed E-state index contributed by atoms with van der Waals surface area (Å²) in [4.78, 5) is 10.4. The van der Waals surface area contributed by atoms with E-state index in [1.54, 1.807) is 6.08 Å². The molecule has 1 aromatic rings. The second kappa shape index (κ2) is 5.75. The Morgan fingerprint density at radius 1 is 1.21 bits per heavy atom. The lowest BCUT2D eigenvalue weighted by atomic mass is 10.2. The Hall–Kier alpha value is -1.83. The fourth-order valence-electron chi connectivity index (χ4n) is 0.994. The predicted octanol–water partition coefficient (Wildman–Crippen LogP) is 2.13. The summed E-state index contributed by atoms with van der Waals surface area (Å²) in [7, 11) is 0. The number of allylic oxidation sites excluding steroid dienone is 2. The van der Waals surface area contributed by atoms with Crippen LogP contribution in [0.5, 0.6) is 0 Å². The Morgan fingerprint density at radius 3 is 2.57 bits per heavy atom. The first kappa shape index (κ1) is 10.3. The van der Waals surface area contributed by atoms with Crippen LogP contribution in [-0.4, -0.2) is 5.91 Å². The average Bonchev–Trinajstić information content (AvgIpc) is 2.18. The Morgan fingerprint density at radius 2 is 1.93 bits per heavy atom. The van der Waals surface area contributed by atoms with Gasteiger partial charge in [-0.2, -0.15) is 0 Å². The van der Waals surface area contributed by atoms with Gasteiger partial charge in [0.25, 0.3) is 0 Å². The van der Waals surface area contributed by atoms with Crippen LogP contribution in [0, 0.1) is 0 Å². The first-order valence-electron chi connectivity index (χ1n) is 4.45. The molecule has 1 aromatic carbocycles. The first-order valence-corrected chi connectivity index (χ1v) is 4.45. The average molecular weight is 187 g/mol. The molecule has 0 bridgehead atoms. The molecule has 1 amide bonds. The van der Waals surface area contributed by atoms with Gasteiger partial charge in [0.15, 0.2) is 0 Å². The highest BCUT2D eigenvalue weighted by atomic mass is 16.1. The van der Waals surface area contributed by atoms with Crippen molar-refractivity contribution >= 4 is 12.0 Å². The van der Waals surface area contributed by atoms with E-state index in [0.29, 0.717) is 6.42 Å². The maximum absolute atomic E-state index is 10.4. The number of hydrogen-bond donors (Lipinski definition) is 1. The highest BCUT2D eigenvalue weighted by Gasteiger charge is 1.84. The molecule has 0 aliphatic carbocycles. The maximum Gasteiger partial charge on any atom is 0.221 e. The SMILES string of the molecule is NC(=O)C/C=C/C=C\c1ccccc1. The van der Waals surface area contributed by atoms with Crippen LogP contribution < -0.4 is 5.73 Å². The van der Waals surface area contributed by atoms with Gasteiger partial charge in [-0.25, -0.2) is 0 Å². The summed E-state index contributed by atoms with van der Waals surface area (Å²) >= 11 is 0. The molecule has 0 saturated heterocycles. The summed E-state index contributed by atoms with van der Waals surface area (Å²) in [5, 5.41) is 0. The van der Waals surface area contributed by atoms with Crippen molar-refractivity contribution in [1.82, 2.24) is 0 Å². The minimum Gasteiger partial charge on any atom is -0.369 e. The number of nitrogens with two attached hydrogens (primary N) is 1. The summed E-state index contributed by atoms with van der Waals surface area (Å²) in [5.41, 5.74) is 6.11. The van der Waals surface area contributed by atoms with Gasteiger partial charge in [-0.05, 0) is 5.56 Å². The van der Waals surface area contributed by atoms with E-state index in [9.17, 15) is 4.79 Å². The van der Waals surface area contributed by atoms with Crippen molar-refractivity contribution in [2.75, 3.05) is 0 Å². The lowest BCUT2D eigenvalue weighted by molar-refractivity contribution is -0.117. The van der Waals surface area contributed by atoms with Gasteiger partial charge in [-0.3, -0.25) is 4.79 Å². The van der Waals surface area contributed by atoms with Crippen LogP contribution >= 0.6 is 0 Å². The summed E-state index contributed by atoms with van der Waals surface area (Å²) in [6, 6.07) is 9.96. The molecule has 72 valence electrons. The van der Waals surface area contributed by atoms with Gasteiger partial charge in [0, 0.05) is 6.42 Å². The molecule has 2 heteroatoms. The quantitative estimate of drug-likeness (QED) is 0.721. The summed E-state index contributed by atoms with van der Waals surface area (Å²) in [6.07, 6.45) is 7.70. The molecule has 0 spiro atoms. The van der Waals surface area contributed by atoms with Crippen molar-refractivity contribution in [2.24, 2.45) is 5.73 Å². The molecular formula is C12H13NO. The van der Waals surface area contributed by atoms with Crippen LogP contribution in [0.3, 0.4) is 0 Å². The number of rotatable bonds is 4. The number of carbonyl (C=O) groups excluding carboxylic acids is 1. The Kier molecular flexibility index (Phi) is 4.21. The van der Waals surface area contributed by atoms with Crippen LogP contribution in [0.15, 0.2) is 48.6 Å². The second-order valence-electron chi connectivity index (χ2n) is 2.87. The van der Waals surface area contributed by atoms with Gasteiger partial charge < -0.3 is 5.73 Å². The van der Waals surface area contributed by atoms with Crippen LogP contribution in [-0.2, 0) is 4.79 Å². The van der Waals surface area contributed by atoms with E-state index in [1.165, 1.54) is 0 Å². The van der Waals surface area contributed by atoms with Gasteiger partial charge in [-0.1, -0.05) is 54.6 Å². The Bertz CT molecular complexity index is 339. The fraction of sp³-hybridized carbons (Fsp3) is 0.0833. The van der Waals surface area contributed by atoms with E-state index in [2.05, 4.69) is 0 Å². The molecule has 0 aliphatic rings. The molecular weight excluding hydrogens is 174 g/mol. The topological polar surface area (TPSA) is 43.1 Å². The van der Waals surface area contributed by atoms with Gasteiger partial charge in [0.05, 0.1) is 0 Å². The van der Waals surface area contributed by atoms with Crippen molar-refractivity contribution in [1.29, 1.82) is 0 Å². The van der Waals surface area contributed by atoms with Crippen LogP contribution in [0.1, 0.15) is 12.0 Å². The molecule has 2 nitrogen and oxygen atoms in total. The number of hydrogen-bond acceptors (Lipinski definition) is 1. The third-order valence-corrected chi connectivity index (χ3v) is 1.65. The molecule has 14 heavy (non-hydrogen) atoms. The van der Waals surface area contributed by atoms with Gasteiger partial charge in [-0.15, -0.1) is 0 Å². The van der Waals surface area contributed by atoms with Crippen molar-refractivity contribution in [3.8, 4) is 0 Å². The standard InChI is InChI=1S/C12H13NO/c13-12(14)10-6-2-5-9-11-7-3-1-4-8-11/h1-9H,10H2,(H2,13,14)/b6-2+,9-5-. The van der Waals surface area contributed by atoms with Gasteiger partial charge >= 0.3 is 0 Å². The molecule has 0 saturated carbocycles. The second-order valence-corrected chi connectivity index (χ2v) is 2.87. The van der Waals surface area contributed by atoms with Gasteiger partial charge in [0.1, 0.15) is 0 Å². The third-order valence-electron chi connectivity index (χ3n) is 1.65. The highest BCUT2D eigenvalue weighted by Crippen LogP contribution is 2.00. The summed E-state index contributed by atoms with van der Waals surface area (Å²) in [6.45, 7) is 0. The number of carbonyl (C=O) groups is 1. The van der Waals surface area contributed by atoms with Crippen molar-refractivity contribution in [3.05, 3.63) is 54.1 Å². The Labute approximate surface area is 83.7 Å². The fourth-order valence-corrected chi connectivity index (χ4v) is 0.994. The molecule has 0 fully saturated rings. The molecule has 1 rings (SSSR count). The van der Waals surface area contributed by atoms with Crippen LogP contribution in [0.4, 0.5) is 0 Å². The van der Waals surface area contributed by atoms with E-state index in [-0.39, 0.29) is 5.91 Å². The maximum atomic E-state index is 10.4. The number of benzene rings is 1. The Balaban J connectivity index is 2.42. The normalized spacial score (nSPS) is 11.1. The monoisotopic (exact) mass is 187 g/mol. The zero-order valence-corrected chi connectivity index (χ0v) is 7.89. The summed E-state index contributed by atoms with van der Waals surface area (Å²) in [5.74, 6) is -0.311. The van der Waals surface area contributed by atoms with Crippen molar-refractivity contribution in [2.45, 2.75) is 6.42 Å². The molecule has 2 N–H and O–H groups in total. The summed E-state index contributed by atoms with van der Waals surface area (Å²) < 4.78 is 0. The minimum atomic E-state index is -0.311. The lowest BCUT2D eigenvalue weighted by Gasteiger charge is -1.88. The van der Waals surface area contributed by atoms with Crippen LogP contribution in [0.25, 0.3) is 6.08 Å². The highest BCUT2D eigenvalue weighted by molar-refractivity contribution is 5.75. The van der Waals surface area contributed by atoms with E-state index in [0.717, 1.165) is 5.56 Å². The predicted molar refractivity (Wildman–Crippen MR) is 58.4 cm³/mol. The van der Waals surface area contributed by atoms with E-state index in [1.807, 2.05) is 48.6 Å². The molecule has 0 unspecified atom stereocenters. The lowest BCUT2D eigenvalue weighted by Crippen LogP contribution is -2.07. The van der Waals surface area contributed by atoms with Crippen LogP contribution in [0.2, 0.25) is 0 Å². The molecule has 0 heterocycles. The number of primary amides is 1. The molecule has 0 radical (unpaired) electrons. The van der Waals surface area contributed by atoms with E-state index in [4.69, 9.17) is 5.73 Å². The smallest absolute Gasteiger partial charge is 0.221 e. The minimum absolute atomic E-state index is 0.291. The van der Waals surface area contributed by atoms with Crippen molar-refractivity contribution < 1.29 is 4.79 Å². The molecule has 0 aromatic heterocycles. The largest absolute Gasteiger partial charge is 0.369 e. The third kappa shape index (κ3) is 4.26. The van der Waals surface area contributed by atoms with Crippen molar-refractivity contribution in [3.63, 3.8) is 0 Å². The first-order chi connectivity index (χ1) is 6.79. The van der Waals surface area contributed by atoms with E-state index < -0.39 is 0 Å². The van der Waals surface area contributed by atoms with E-state index >= 15 is 0 Å². The zero-order chi connectivity index (χ0) is 10.2. The number of amides is 1. The van der Waals surface area contributed by atoms with Gasteiger partial charge in [0.2, 0.25) is 5.91 Å².